The van der Waals surface area contributed by atoms with Crippen molar-refractivity contribution in [2.75, 3.05) is 25.0 Å². The number of morpholine rings is 1. The number of rotatable bonds is 6. The molecule has 0 unspecified atom stereocenters. The number of hydrogen-bond acceptors (Lipinski definition) is 6. The smallest absolute Gasteiger partial charge is 0.325 e. The van der Waals surface area contributed by atoms with E-state index >= 15 is 0 Å². The number of imide groups is 1. The Morgan fingerprint density at radius 3 is 2.33 bits per heavy atom. The largest absolute Gasteiger partial charge is 0.373 e. The molecule has 2 N–H and O–H groups in total. The molecule has 0 aromatic heterocycles. The number of hydrogen-bond donors (Lipinski definition) is 2. The molecule has 3 fully saturated rings. The highest BCUT2D eigenvalue weighted by molar-refractivity contribution is 7.89. The summed E-state index contributed by atoms with van der Waals surface area (Å²) in [6, 6.07) is 5.52. The molecule has 0 radical (unpaired) electrons. The van der Waals surface area contributed by atoms with E-state index in [2.05, 4.69) is 10.6 Å². The number of benzene rings is 1. The van der Waals surface area contributed by atoms with Crippen LogP contribution < -0.4 is 10.6 Å². The predicted octanol–water partition coefficient (Wildman–Crippen LogP) is 1.68. The van der Waals surface area contributed by atoms with Gasteiger partial charge >= 0.3 is 6.03 Å². The molecule has 1 saturated carbocycles. The maximum absolute atomic E-state index is 12.9. The van der Waals surface area contributed by atoms with Crippen LogP contribution in [0.5, 0.6) is 0 Å². The third-order valence-electron chi connectivity index (χ3n) is 6.43. The van der Waals surface area contributed by atoms with Crippen molar-refractivity contribution in [3.8, 4) is 0 Å². The molecule has 3 aliphatic rings. The maximum Gasteiger partial charge on any atom is 0.325 e. The first-order chi connectivity index (χ1) is 15.6. The predicted molar refractivity (Wildman–Crippen MR) is 120 cm³/mol. The van der Waals surface area contributed by atoms with E-state index in [1.54, 1.807) is 0 Å². The Labute approximate surface area is 193 Å². The van der Waals surface area contributed by atoms with Crippen LogP contribution in [0, 0.1) is 0 Å². The molecule has 180 valence electrons. The summed E-state index contributed by atoms with van der Waals surface area (Å²) in [5, 5.41) is 5.48. The van der Waals surface area contributed by atoms with Gasteiger partial charge in [0.05, 0.1) is 17.1 Å². The standard InChI is InChI=1S/C22H30N4O6S/c1-15-13-25(14-16(2)32-15)33(30,31)18-7-5-17(6-8-18)23-19(27)9-12-26-20(28)22(24-21(26)29)10-3-4-11-22/h5-8,15-16H,3-4,9-14H2,1-2H3,(H,23,27)(H,24,29)/t15-,16-/m1/s1. The Kier molecular flexibility index (Phi) is 6.47. The third kappa shape index (κ3) is 4.75. The van der Waals surface area contributed by atoms with E-state index in [9.17, 15) is 22.8 Å². The monoisotopic (exact) mass is 478 g/mol. The van der Waals surface area contributed by atoms with Gasteiger partial charge < -0.3 is 15.4 Å². The van der Waals surface area contributed by atoms with Gasteiger partial charge in [-0.15, -0.1) is 0 Å². The highest BCUT2D eigenvalue weighted by Gasteiger charge is 2.52. The topological polar surface area (TPSA) is 125 Å². The Balaban J connectivity index is 1.33. The van der Waals surface area contributed by atoms with E-state index in [0.717, 1.165) is 17.7 Å². The summed E-state index contributed by atoms with van der Waals surface area (Å²) in [6.07, 6.45) is 2.66. The Morgan fingerprint density at radius 2 is 1.73 bits per heavy atom. The summed E-state index contributed by atoms with van der Waals surface area (Å²) in [5.41, 5.74) is -0.350. The van der Waals surface area contributed by atoms with Crippen LogP contribution >= 0.6 is 0 Å². The molecule has 2 aliphatic heterocycles. The summed E-state index contributed by atoms with van der Waals surface area (Å²) >= 11 is 0. The molecule has 11 heteroatoms. The van der Waals surface area contributed by atoms with Crippen LogP contribution in [0.25, 0.3) is 0 Å². The van der Waals surface area contributed by atoms with Crippen molar-refractivity contribution >= 4 is 33.6 Å². The second-order valence-corrected chi connectivity index (χ2v) is 11.0. The highest BCUT2D eigenvalue weighted by atomic mass is 32.2. The normalized spacial score (nSPS) is 25.5. The minimum absolute atomic E-state index is 0.00187. The first-order valence-electron chi connectivity index (χ1n) is 11.3. The van der Waals surface area contributed by atoms with Crippen molar-refractivity contribution in [2.45, 2.75) is 68.6 Å². The summed E-state index contributed by atoms with van der Waals surface area (Å²) in [4.78, 5) is 38.5. The molecule has 2 atom stereocenters. The summed E-state index contributed by atoms with van der Waals surface area (Å²) in [6.45, 7) is 4.25. The van der Waals surface area contributed by atoms with Crippen molar-refractivity contribution in [3.05, 3.63) is 24.3 Å². The number of urea groups is 1. The molecule has 2 heterocycles. The molecule has 1 aromatic rings. The fourth-order valence-electron chi connectivity index (χ4n) is 4.82. The lowest BCUT2D eigenvalue weighted by molar-refractivity contribution is -0.131. The molecule has 1 aliphatic carbocycles. The lowest BCUT2D eigenvalue weighted by Crippen LogP contribution is -2.48. The van der Waals surface area contributed by atoms with E-state index < -0.39 is 21.6 Å². The molecule has 33 heavy (non-hydrogen) atoms. The fraction of sp³-hybridized carbons (Fsp3) is 0.591. The molecule has 2 saturated heterocycles. The van der Waals surface area contributed by atoms with Gasteiger partial charge in [-0.25, -0.2) is 13.2 Å². The second kappa shape index (κ2) is 9.03. The van der Waals surface area contributed by atoms with Gasteiger partial charge in [0.2, 0.25) is 15.9 Å². The zero-order valence-electron chi connectivity index (χ0n) is 18.9. The van der Waals surface area contributed by atoms with Gasteiger partial charge in [0, 0.05) is 31.7 Å². The van der Waals surface area contributed by atoms with E-state index in [1.807, 2.05) is 13.8 Å². The minimum Gasteiger partial charge on any atom is -0.373 e. The van der Waals surface area contributed by atoms with E-state index in [4.69, 9.17) is 4.74 Å². The van der Waals surface area contributed by atoms with Crippen molar-refractivity contribution in [1.29, 1.82) is 0 Å². The van der Waals surface area contributed by atoms with Gasteiger partial charge in [0.1, 0.15) is 5.54 Å². The number of ether oxygens (including phenoxy) is 1. The fourth-order valence-corrected chi connectivity index (χ4v) is 6.41. The van der Waals surface area contributed by atoms with Crippen LogP contribution in [0.3, 0.4) is 0 Å². The van der Waals surface area contributed by atoms with Gasteiger partial charge in [-0.05, 0) is 51.0 Å². The summed E-state index contributed by atoms with van der Waals surface area (Å²) in [5.74, 6) is -0.617. The molecular formula is C22H30N4O6S. The summed E-state index contributed by atoms with van der Waals surface area (Å²) < 4.78 is 32.9. The molecule has 0 bridgehead atoms. The SMILES string of the molecule is C[C@@H]1CN(S(=O)(=O)c2ccc(NC(=O)CCN3C(=O)NC4(CCCC4)C3=O)cc2)C[C@@H](C)O1. The number of nitrogens with one attached hydrogen (secondary N) is 2. The molecule has 1 spiro atoms. The van der Waals surface area contributed by atoms with E-state index in [1.165, 1.54) is 28.6 Å². The van der Waals surface area contributed by atoms with Crippen molar-refractivity contribution in [2.24, 2.45) is 0 Å². The molecule has 4 rings (SSSR count). The molecule has 1 aromatic carbocycles. The molecule has 4 amide bonds. The maximum atomic E-state index is 12.9. The van der Waals surface area contributed by atoms with Crippen LogP contribution in [0.2, 0.25) is 0 Å². The first kappa shape index (κ1) is 23.7. The van der Waals surface area contributed by atoms with Gasteiger partial charge in [0.15, 0.2) is 0 Å². The van der Waals surface area contributed by atoms with Crippen LogP contribution in [0.4, 0.5) is 10.5 Å². The number of amides is 4. The van der Waals surface area contributed by atoms with Gasteiger partial charge in [-0.1, -0.05) is 12.8 Å². The van der Waals surface area contributed by atoms with Crippen LogP contribution in [-0.2, 0) is 24.3 Å². The Hall–Kier alpha value is -2.50. The van der Waals surface area contributed by atoms with Gasteiger partial charge in [-0.2, -0.15) is 4.31 Å². The van der Waals surface area contributed by atoms with Crippen LogP contribution in [-0.4, -0.2) is 72.8 Å². The van der Waals surface area contributed by atoms with Gasteiger partial charge in [0.25, 0.3) is 5.91 Å². The second-order valence-electron chi connectivity index (χ2n) is 9.08. The quantitative estimate of drug-likeness (QED) is 0.600. The molecular weight excluding hydrogens is 448 g/mol. The number of anilines is 1. The Bertz CT molecular complexity index is 1030. The van der Waals surface area contributed by atoms with Gasteiger partial charge in [-0.3, -0.25) is 14.5 Å². The number of sulfonamides is 1. The van der Waals surface area contributed by atoms with Crippen LogP contribution in [0.15, 0.2) is 29.2 Å². The average molecular weight is 479 g/mol. The van der Waals surface area contributed by atoms with Crippen molar-refractivity contribution in [1.82, 2.24) is 14.5 Å². The lowest BCUT2D eigenvalue weighted by atomic mass is 9.98. The zero-order chi connectivity index (χ0) is 23.8. The first-order valence-corrected chi connectivity index (χ1v) is 12.7. The minimum atomic E-state index is -3.67. The van der Waals surface area contributed by atoms with E-state index in [0.29, 0.717) is 18.5 Å². The van der Waals surface area contributed by atoms with Crippen molar-refractivity contribution < 1.29 is 27.5 Å². The lowest BCUT2D eigenvalue weighted by Gasteiger charge is -2.34. The summed E-state index contributed by atoms with van der Waals surface area (Å²) in [7, 11) is -3.67. The van der Waals surface area contributed by atoms with Crippen molar-refractivity contribution in [3.63, 3.8) is 0 Å². The average Bonchev–Trinajstić information content (AvgIpc) is 3.31. The van der Waals surface area contributed by atoms with E-state index in [-0.39, 0.29) is 55.0 Å². The highest BCUT2D eigenvalue weighted by Crippen LogP contribution is 2.35. The number of nitrogens with zero attached hydrogens (tertiary/aromatic N) is 2. The van der Waals surface area contributed by atoms with Crippen LogP contribution in [0.1, 0.15) is 46.0 Å². The molecule has 10 nitrogen and oxygen atoms in total. The number of carbonyl (C=O) groups excluding carboxylic acids is 3. The zero-order valence-corrected chi connectivity index (χ0v) is 19.7. The Morgan fingerprint density at radius 1 is 1.12 bits per heavy atom. The number of carbonyl (C=O) groups is 3. The third-order valence-corrected chi connectivity index (χ3v) is 8.27.